The van der Waals surface area contributed by atoms with Crippen molar-refractivity contribution in [1.82, 2.24) is 5.01 Å². The molecule has 0 aliphatic carbocycles. The Kier molecular flexibility index (Phi) is 6.48. The lowest BCUT2D eigenvalue weighted by atomic mass is 10.1. The van der Waals surface area contributed by atoms with E-state index >= 15 is 0 Å². The molecule has 0 N–H and O–H groups in total. The van der Waals surface area contributed by atoms with Crippen LogP contribution in [0.4, 0.5) is 10.1 Å². The van der Waals surface area contributed by atoms with Gasteiger partial charge in [-0.05, 0) is 28.5 Å². The number of rotatable bonds is 8. The summed E-state index contributed by atoms with van der Waals surface area (Å²) in [5.74, 6) is 0.0860. The number of ether oxygens (including phenoxy) is 2. The predicted molar refractivity (Wildman–Crippen MR) is 87.3 cm³/mol. The molecule has 0 bridgehead atoms. The summed E-state index contributed by atoms with van der Waals surface area (Å²) in [6.45, 7) is 3.11. The van der Waals surface area contributed by atoms with Crippen LogP contribution < -0.4 is 9.75 Å². The summed E-state index contributed by atoms with van der Waals surface area (Å²) in [6, 6.07) is 3.10. The van der Waals surface area contributed by atoms with Gasteiger partial charge in [0.05, 0.1) is 13.2 Å². The number of carbonyl (C=O) groups is 1. The maximum Gasteiger partial charge on any atom is 0.231 e. The van der Waals surface area contributed by atoms with Crippen LogP contribution >= 0.6 is 0 Å². The van der Waals surface area contributed by atoms with Gasteiger partial charge in [-0.3, -0.25) is 4.79 Å². The number of halogens is 1. The van der Waals surface area contributed by atoms with Crippen molar-refractivity contribution < 1.29 is 18.7 Å². The van der Waals surface area contributed by atoms with Crippen molar-refractivity contribution in [2.75, 3.05) is 32.3 Å². The minimum atomic E-state index is -0.301. The summed E-state index contributed by atoms with van der Waals surface area (Å²) in [4.78, 5) is 10.6. The van der Waals surface area contributed by atoms with Gasteiger partial charge in [-0.25, -0.2) is 14.4 Å². The molecule has 1 atom stereocenters. The average Bonchev–Trinajstić information content (AvgIpc) is 3.07. The van der Waals surface area contributed by atoms with Gasteiger partial charge in [-0.2, -0.15) is 0 Å². The Labute approximate surface area is 141 Å². The molecular weight excluding hydrogens is 315 g/mol. The van der Waals surface area contributed by atoms with Crippen LogP contribution in [0.3, 0.4) is 0 Å². The number of anilines is 1. The summed E-state index contributed by atoms with van der Waals surface area (Å²) in [5, 5.41) is 10.2. The number of benzene rings is 1. The van der Waals surface area contributed by atoms with Gasteiger partial charge in [0, 0.05) is 26.6 Å². The van der Waals surface area contributed by atoms with Crippen molar-refractivity contribution in [3.8, 4) is 5.75 Å². The van der Waals surface area contributed by atoms with E-state index in [0.717, 1.165) is 17.9 Å². The standard InChI is InChI=1S/C16H23FN4O3/c1-4-5-12-8-15(21(3)19-18-20(2)11-22)16(9-14(12)17)24-13-6-7-23-10-13/h8-9,11,13H,4-7,10H2,1-3H3/b19-18-/t13-/m1/s1. The quantitative estimate of drug-likeness (QED) is 0.415. The van der Waals surface area contributed by atoms with E-state index < -0.39 is 0 Å². The van der Waals surface area contributed by atoms with Crippen molar-refractivity contribution in [3.63, 3.8) is 0 Å². The first-order valence-electron chi connectivity index (χ1n) is 7.95. The van der Waals surface area contributed by atoms with Gasteiger partial charge in [0.2, 0.25) is 6.41 Å². The topological polar surface area (TPSA) is 66.7 Å². The first-order valence-corrected chi connectivity index (χ1v) is 7.95. The third kappa shape index (κ3) is 4.64. The van der Waals surface area contributed by atoms with Gasteiger partial charge in [-0.15, -0.1) is 0 Å². The molecular formula is C16H23FN4O3. The summed E-state index contributed by atoms with van der Waals surface area (Å²) in [5.41, 5.74) is 1.18. The lowest BCUT2D eigenvalue weighted by Gasteiger charge is -2.21. The number of amides is 1. The second kappa shape index (κ2) is 8.58. The van der Waals surface area contributed by atoms with Crippen LogP contribution in [-0.4, -0.2) is 44.8 Å². The zero-order valence-corrected chi connectivity index (χ0v) is 14.2. The Morgan fingerprint density at radius 2 is 2.21 bits per heavy atom. The molecule has 2 rings (SSSR count). The monoisotopic (exact) mass is 338 g/mol. The Morgan fingerprint density at radius 1 is 1.42 bits per heavy atom. The van der Waals surface area contributed by atoms with Gasteiger partial charge in [-0.1, -0.05) is 13.3 Å². The lowest BCUT2D eigenvalue weighted by Crippen LogP contribution is -2.19. The van der Waals surface area contributed by atoms with Crippen molar-refractivity contribution in [2.45, 2.75) is 32.3 Å². The number of carbonyl (C=O) groups excluding carboxylic acids is 1. The van der Waals surface area contributed by atoms with Crippen molar-refractivity contribution in [3.05, 3.63) is 23.5 Å². The summed E-state index contributed by atoms with van der Waals surface area (Å²) in [6.07, 6.45) is 2.63. The van der Waals surface area contributed by atoms with E-state index in [0.29, 0.717) is 43.0 Å². The van der Waals surface area contributed by atoms with Crippen LogP contribution in [0.1, 0.15) is 25.3 Å². The smallest absolute Gasteiger partial charge is 0.231 e. The summed E-state index contributed by atoms with van der Waals surface area (Å²) >= 11 is 0. The van der Waals surface area contributed by atoms with Crippen LogP contribution in [0.5, 0.6) is 5.75 Å². The molecule has 1 aromatic rings. The molecule has 7 nitrogen and oxygen atoms in total. The molecule has 1 aliphatic heterocycles. The molecule has 0 spiro atoms. The van der Waals surface area contributed by atoms with Crippen LogP contribution in [0.25, 0.3) is 0 Å². The average molecular weight is 338 g/mol. The molecule has 1 fully saturated rings. The van der Waals surface area contributed by atoms with Gasteiger partial charge >= 0.3 is 0 Å². The second-order valence-corrected chi connectivity index (χ2v) is 5.65. The SMILES string of the molecule is CCCc1cc(N(C)/N=N\N(C)C=O)c(O[C@@H]2CCOC2)cc1F. The molecule has 8 heteroatoms. The van der Waals surface area contributed by atoms with Gasteiger partial charge in [0.15, 0.2) is 0 Å². The molecule has 1 aromatic carbocycles. The fourth-order valence-corrected chi connectivity index (χ4v) is 2.37. The zero-order chi connectivity index (χ0) is 17.5. The first kappa shape index (κ1) is 18.1. The van der Waals surface area contributed by atoms with E-state index in [-0.39, 0.29) is 11.9 Å². The number of hydrogen-bond acceptors (Lipinski definition) is 5. The molecule has 0 saturated carbocycles. The summed E-state index contributed by atoms with van der Waals surface area (Å²) in [7, 11) is 3.15. The summed E-state index contributed by atoms with van der Waals surface area (Å²) < 4.78 is 25.5. The molecule has 1 aliphatic rings. The van der Waals surface area contributed by atoms with Gasteiger partial charge in [0.25, 0.3) is 0 Å². The highest BCUT2D eigenvalue weighted by Gasteiger charge is 2.21. The predicted octanol–water partition coefficient (Wildman–Crippen LogP) is 2.75. The second-order valence-electron chi connectivity index (χ2n) is 5.65. The van der Waals surface area contributed by atoms with Gasteiger partial charge < -0.3 is 9.47 Å². The molecule has 1 heterocycles. The third-order valence-electron chi connectivity index (χ3n) is 3.65. The van der Waals surface area contributed by atoms with E-state index in [1.807, 2.05) is 6.92 Å². The van der Waals surface area contributed by atoms with E-state index in [4.69, 9.17) is 9.47 Å². The minimum Gasteiger partial charge on any atom is -0.486 e. The van der Waals surface area contributed by atoms with Crippen LogP contribution in [0.2, 0.25) is 0 Å². The lowest BCUT2D eigenvalue weighted by molar-refractivity contribution is -0.117. The highest BCUT2D eigenvalue weighted by atomic mass is 19.1. The van der Waals surface area contributed by atoms with Crippen LogP contribution in [0, 0.1) is 5.82 Å². The largest absolute Gasteiger partial charge is 0.486 e. The highest BCUT2D eigenvalue weighted by molar-refractivity contribution is 5.59. The van der Waals surface area contributed by atoms with Gasteiger partial charge in [0.1, 0.15) is 23.4 Å². The Morgan fingerprint density at radius 3 is 2.83 bits per heavy atom. The maximum absolute atomic E-state index is 14.3. The fraction of sp³-hybridized carbons (Fsp3) is 0.562. The number of hydrogen-bond donors (Lipinski definition) is 0. The van der Waals surface area contributed by atoms with Crippen LogP contribution in [-0.2, 0) is 16.0 Å². The number of aryl methyl sites for hydroxylation is 1. The molecule has 1 amide bonds. The Bertz CT molecular complexity index is 591. The zero-order valence-electron chi connectivity index (χ0n) is 14.2. The Balaban J connectivity index is 2.30. The van der Waals surface area contributed by atoms with Crippen molar-refractivity contribution in [1.29, 1.82) is 0 Å². The van der Waals surface area contributed by atoms with E-state index in [9.17, 15) is 9.18 Å². The number of nitrogens with zero attached hydrogens (tertiary/aromatic N) is 4. The van der Waals surface area contributed by atoms with E-state index in [2.05, 4.69) is 10.4 Å². The maximum atomic E-state index is 14.3. The van der Waals surface area contributed by atoms with Crippen LogP contribution in [0.15, 0.2) is 22.6 Å². The molecule has 1 saturated heterocycles. The van der Waals surface area contributed by atoms with E-state index in [1.54, 1.807) is 13.1 Å². The van der Waals surface area contributed by atoms with Crippen molar-refractivity contribution in [2.24, 2.45) is 10.4 Å². The van der Waals surface area contributed by atoms with Crippen molar-refractivity contribution >= 4 is 12.1 Å². The molecule has 24 heavy (non-hydrogen) atoms. The molecule has 0 aromatic heterocycles. The molecule has 0 radical (unpaired) electrons. The molecule has 132 valence electrons. The minimum absolute atomic E-state index is 0.108. The molecule has 0 unspecified atom stereocenters. The normalized spacial score (nSPS) is 17.2. The first-order chi connectivity index (χ1) is 11.5. The fourth-order valence-electron chi connectivity index (χ4n) is 2.37. The Hall–Kier alpha value is -2.22. The third-order valence-corrected chi connectivity index (χ3v) is 3.65. The van der Waals surface area contributed by atoms with E-state index in [1.165, 1.54) is 18.1 Å². The highest BCUT2D eigenvalue weighted by Crippen LogP contribution is 2.33.